The summed E-state index contributed by atoms with van der Waals surface area (Å²) >= 11 is 13.1. The summed E-state index contributed by atoms with van der Waals surface area (Å²) in [7, 11) is 1.51. The number of carbonyl (C=O) groups is 1. The van der Waals surface area contributed by atoms with Gasteiger partial charge in [0.15, 0.2) is 0 Å². The molecule has 0 unspecified atom stereocenters. The van der Waals surface area contributed by atoms with Crippen LogP contribution in [-0.2, 0) is 10.5 Å². The van der Waals surface area contributed by atoms with Crippen molar-refractivity contribution in [2.24, 2.45) is 0 Å². The number of thioether (sulfide) groups is 1. The van der Waals surface area contributed by atoms with Crippen LogP contribution in [0.15, 0.2) is 30.3 Å². The highest BCUT2D eigenvalue weighted by atomic mass is 35.5. The normalized spacial score (nSPS) is 10.5. The molecule has 128 valence electrons. The fourth-order valence-corrected chi connectivity index (χ4v) is 3.13. The first-order chi connectivity index (χ1) is 11.4. The second-order valence-electron chi connectivity index (χ2n) is 5.08. The van der Waals surface area contributed by atoms with E-state index in [4.69, 9.17) is 27.9 Å². The van der Waals surface area contributed by atoms with Crippen molar-refractivity contribution >= 4 is 46.6 Å². The molecule has 0 bridgehead atoms. The van der Waals surface area contributed by atoms with Gasteiger partial charge in [-0.25, -0.2) is 4.39 Å². The summed E-state index contributed by atoms with van der Waals surface area (Å²) in [4.78, 5) is 12.1. The van der Waals surface area contributed by atoms with Gasteiger partial charge in [0.2, 0.25) is 5.91 Å². The number of nitrogens with one attached hydrogen (secondary N) is 1. The third-order valence-electron chi connectivity index (χ3n) is 3.26. The molecular formula is C17H16Cl2FNO2S. The Bertz CT molecular complexity index is 756. The molecule has 0 spiro atoms. The Kier molecular flexibility index (Phi) is 6.78. The molecule has 0 saturated carbocycles. The molecule has 0 aliphatic rings. The van der Waals surface area contributed by atoms with E-state index in [9.17, 15) is 9.18 Å². The van der Waals surface area contributed by atoms with Gasteiger partial charge in [0.05, 0.1) is 18.6 Å². The van der Waals surface area contributed by atoms with Crippen LogP contribution in [0.4, 0.5) is 10.1 Å². The van der Waals surface area contributed by atoms with Crippen molar-refractivity contribution in [2.75, 3.05) is 18.2 Å². The zero-order chi connectivity index (χ0) is 17.7. The summed E-state index contributed by atoms with van der Waals surface area (Å²) in [5.74, 6) is 0.493. The highest BCUT2D eigenvalue weighted by Gasteiger charge is 2.11. The summed E-state index contributed by atoms with van der Waals surface area (Å²) in [6.07, 6.45) is 0. The minimum absolute atomic E-state index is 0.187. The van der Waals surface area contributed by atoms with Crippen molar-refractivity contribution < 1.29 is 13.9 Å². The van der Waals surface area contributed by atoms with Crippen LogP contribution in [0.3, 0.4) is 0 Å². The number of hydrogen-bond donors (Lipinski definition) is 1. The number of rotatable bonds is 6. The Balaban J connectivity index is 1.93. The fourth-order valence-electron chi connectivity index (χ4n) is 2.01. The van der Waals surface area contributed by atoms with Crippen LogP contribution in [0.25, 0.3) is 0 Å². The molecule has 2 rings (SSSR count). The SMILES string of the molecule is COc1cc(Cl)c(C)cc1NC(=O)CSCc1ccc(Cl)cc1F. The summed E-state index contributed by atoms with van der Waals surface area (Å²) in [6, 6.07) is 7.92. The van der Waals surface area contributed by atoms with E-state index < -0.39 is 0 Å². The van der Waals surface area contributed by atoms with E-state index in [0.29, 0.717) is 32.8 Å². The van der Waals surface area contributed by atoms with Crippen molar-refractivity contribution in [3.8, 4) is 5.75 Å². The summed E-state index contributed by atoms with van der Waals surface area (Å²) in [5, 5.41) is 3.70. The number of methoxy groups -OCH3 is 1. The zero-order valence-electron chi connectivity index (χ0n) is 13.2. The second-order valence-corrected chi connectivity index (χ2v) is 6.91. The second kappa shape index (κ2) is 8.60. The molecule has 2 aromatic carbocycles. The molecule has 0 aliphatic carbocycles. The minimum atomic E-state index is -0.370. The molecule has 0 aromatic heterocycles. The quantitative estimate of drug-likeness (QED) is 0.728. The van der Waals surface area contributed by atoms with Gasteiger partial charge in [0, 0.05) is 21.9 Å². The minimum Gasteiger partial charge on any atom is -0.495 e. The van der Waals surface area contributed by atoms with E-state index in [-0.39, 0.29) is 17.5 Å². The van der Waals surface area contributed by atoms with Crippen LogP contribution < -0.4 is 10.1 Å². The van der Waals surface area contributed by atoms with Gasteiger partial charge >= 0.3 is 0 Å². The van der Waals surface area contributed by atoms with Crippen LogP contribution in [-0.4, -0.2) is 18.8 Å². The molecule has 3 nitrogen and oxygen atoms in total. The van der Waals surface area contributed by atoms with Crippen molar-refractivity contribution in [1.29, 1.82) is 0 Å². The number of ether oxygens (including phenoxy) is 1. The van der Waals surface area contributed by atoms with E-state index in [1.807, 2.05) is 6.92 Å². The number of anilines is 1. The van der Waals surface area contributed by atoms with Crippen molar-refractivity contribution in [3.05, 3.63) is 57.3 Å². The molecule has 0 atom stereocenters. The molecule has 0 fully saturated rings. The molecule has 0 aliphatic heterocycles. The van der Waals surface area contributed by atoms with Crippen molar-refractivity contribution in [1.82, 2.24) is 0 Å². The van der Waals surface area contributed by atoms with Gasteiger partial charge in [-0.05, 0) is 36.2 Å². The maximum atomic E-state index is 13.7. The molecule has 1 N–H and O–H groups in total. The number of amides is 1. The third-order valence-corrected chi connectivity index (χ3v) is 4.88. The average Bonchev–Trinajstić information content (AvgIpc) is 2.52. The molecule has 0 heterocycles. The lowest BCUT2D eigenvalue weighted by Gasteiger charge is -2.12. The van der Waals surface area contributed by atoms with E-state index >= 15 is 0 Å². The summed E-state index contributed by atoms with van der Waals surface area (Å²) < 4.78 is 18.9. The lowest BCUT2D eigenvalue weighted by Crippen LogP contribution is -2.15. The van der Waals surface area contributed by atoms with Crippen LogP contribution >= 0.6 is 35.0 Å². The van der Waals surface area contributed by atoms with Crippen LogP contribution in [0, 0.1) is 12.7 Å². The van der Waals surface area contributed by atoms with E-state index in [1.54, 1.807) is 24.3 Å². The molecule has 0 saturated heterocycles. The highest BCUT2D eigenvalue weighted by molar-refractivity contribution is 7.99. The summed E-state index contributed by atoms with van der Waals surface area (Å²) in [5.41, 5.74) is 1.91. The van der Waals surface area contributed by atoms with E-state index in [2.05, 4.69) is 5.32 Å². The summed E-state index contributed by atoms with van der Waals surface area (Å²) in [6.45, 7) is 1.84. The molecule has 7 heteroatoms. The van der Waals surface area contributed by atoms with Gasteiger partial charge in [0.25, 0.3) is 0 Å². The zero-order valence-corrected chi connectivity index (χ0v) is 15.5. The van der Waals surface area contributed by atoms with Crippen LogP contribution in [0.5, 0.6) is 5.75 Å². The lowest BCUT2D eigenvalue weighted by atomic mass is 10.2. The third kappa shape index (κ3) is 5.03. The fraction of sp³-hybridized carbons (Fsp3) is 0.235. The first-order valence-electron chi connectivity index (χ1n) is 7.06. The molecule has 0 radical (unpaired) electrons. The van der Waals surface area contributed by atoms with Gasteiger partial charge in [0.1, 0.15) is 11.6 Å². The Labute approximate surface area is 154 Å². The first-order valence-corrected chi connectivity index (χ1v) is 8.97. The van der Waals surface area contributed by atoms with E-state index in [0.717, 1.165) is 5.56 Å². The Morgan fingerprint density at radius 2 is 2.04 bits per heavy atom. The smallest absolute Gasteiger partial charge is 0.234 e. The number of hydrogen-bond acceptors (Lipinski definition) is 3. The number of benzene rings is 2. The van der Waals surface area contributed by atoms with Gasteiger partial charge in [-0.3, -0.25) is 4.79 Å². The molecule has 24 heavy (non-hydrogen) atoms. The van der Waals surface area contributed by atoms with Gasteiger partial charge in [-0.15, -0.1) is 11.8 Å². The van der Waals surface area contributed by atoms with E-state index in [1.165, 1.54) is 24.9 Å². The predicted octanol–water partition coefficient (Wildman–Crippen LogP) is 5.32. The van der Waals surface area contributed by atoms with Crippen LogP contribution in [0.1, 0.15) is 11.1 Å². The molecular weight excluding hydrogens is 372 g/mol. The molecule has 1 amide bonds. The van der Waals surface area contributed by atoms with Gasteiger partial charge in [-0.1, -0.05) is 29.3 Å². The Hall–Kier alpha value is -1.43. The van der Waals surface area contributed by atoms with Crippen molar-refractivity contribution in [2.45, 2.75) is 12.7 Å². The van der Waals surface area contributed by atoms with Crippen molar-refractivity contribution in [3.63, 3.8) is 0 Å². The maximum absolute atomic E-state index is 13.7. The Morgan fingerprint density at radius 3 is 2.71 bits per heavy atom. The molecule has 2 aromatic rings. The monoisotopic (exact) mass is 387 g/mol. The lowest BCUT2D eigenvalue weighted by molar-refractivity contribution is -0.113. The number of aryl methyl sites for hydroxylation is 1. The van der Waals surface area contributed by atoms with Gasteiger partial charge in [-0.2, -0.15) is 0 Å². The van der Waals surface area contributed by atoms with Crippen LogP contribution in [0.2, 0.25) is 10.0 Å². The predicted molar refractivity (Wildman–Crippen MR) is 98.9 cm³/mol. The largest absolute Gasteiger partial charge is 0.495 e. The number of halogens is 3. The highest BCUT2D eigenvalue weighted by Crippen LogP contribution is 2.31. The van der Waals surface area contributed by atoms with Gasteiger partial charge < -0.3 is 10.1 Å². The standard InChI is InChI=1S/C17H16Cl2FNO2S/c1-10-5-15(16(23-2)7-13(10)19)21-17(22)9-24-8-11-3-4-12(18)6-14(11)20/h3-7H,8-9H2,1-2H3,(H,21,22). The maximum Gasteiger partial charge on any atom is 0.234 e. The Morgan fingerprint density at radius 1 is 1.29 bits per heavy atom. The topological polar surface area (TPSA) is 38.3 Å². The average molecular weight is 388 g/mol. The number of carbonyl (C=O) groups excluding carboxylic acids is 1. The first kappa shape index (κ1) is 18.9.